The lowest BCUT2D eigenvalue weighted by Crippen LogP contribution is -2.24. The van der Waals surface area contributed by atoms with E-state index in [2.05, 4.69) is 16.0 Å². The number of ether oxygens (including phenoxy) is 1. The molecule has 146 valence electrons. The van der Waals surface area contributed by atoms with Crippen LogP contribution in [0.1, 0.15) is 20.3 Å². The Morgan fingerprint density at radius 2 is 1.75 bits per heavy atom. The maximum Gasteiger partial charge on any atom is 0.362 e. The average Bonchev–Trinajstić information content (AvgIpc) is 2.69. The van der Waals surface area contributed by atoms with Gasteiger partial charge in [0, 0.05) is 17.6 Å². The second-order valence-corrected chi connectivity index (χ2v) is 6.10. The molecular weight excluding hydrogens is 358 g/mol. The fraction of sp³-hybridized carbons (Fsp3) is 0.238. The zero-order valence-corrected chi connectivity index (χ0v) is 15.9. The molecule has 1 aromatic heterocycles. The third-order valence-electron chi connectivity index (χ3n) is 4.03. The largest absolute Gasteiger partial charge is 0.494 e. The molecule has 3 N–H and O–H groups in total. The number of fused-ring (bicyclic) bond motifs is 1. The lowest BCUT2D eigenvalue weighted by molar-refractivity contribution is 0.262. The van der Waals surface area contributed by atoms with Crippen LogP contribution in [0.2, 0.25) is 0 Å². The highest BCUT2D eigenvalue weighted by Gasteiger charge is 2.16. The predicted molar refractivity (Wildman–Crippen MR) is 112 cm³/mol. The van der Waals surface area contributed by atoms with E-state index in [-0.39, 0.29) is 5.69 Å². The lowest BCUT2D eigenvalue weighted by atomic mass is 10.2. The molecule has 0 aliphatic heterocycles. The Morgan fingerprint density at radius 1 is 1.00 bits per heavy atom. The molecule has 0 atom stereocenters. The monoisotopic (exact) mass is 381 g/mol. The Kier molecular flexibility index (Phi) is 6.16. The van der Waals surface area contributed by atoms with E-state index in [1.54, 1.807) is 36.4 Å². The lowest BCUT2D eigenvalue weighted by Gasteiger charge is -2.14. The van der Waals surface area contributed by atoms with Gasteiger partial charge in [-0.25, -0.2) is 9.59 Å². The van der Waals surface area contributed by atoms with Gasteiger partial charge in [-0.3, -0.25) is 5.32 Å². The van der Waals surface area contributed by atoms with Gasteiger partial charge in [0.1, 0.15) is 11.3 Å². The Labute approximate surface area is 162 Å². The second-order valence-electron chi connectivity index (χ2n) is 6.10. The molecule has 2 aromatic carbocycles. The number of anilines is 3. The van der Waals surface area contributed by atoms with Crippen LogP contribution in [-0.2, 0) is 0 Å². The van der Waals surface area contributed by atoms with E-state index in [4.69, 9.17) is 9.15 Å². The summed E-state index contributed by atoms with van der Waals surface area (Å²) in [5.74, 6) is 0.717. The summed E-state index contributed by atoms with van der Waals surface area (Å²) in [7, 11) is 0. The molecule has 7 nitrogen and oxygen atoms in total. The molecule has 0 radical (unpaired) electrons. The molecule has 7 heteroatoms. The maximum absolute atomic E-state index is 12.5. The summed E-state index contributed by atoms with van der Waals surface area (Å²) in [6.45, 7) is 5.15. The number of carbonyl (C=O) groups is 1. The third kappa shape index (κ3) is 4.43. The van der Waals surface area contributed by atoms with Gasteiger partial charge < -0.3 is 19.8 Å². The number of amides is 2. The highest BCUT2D eigenvalue weighted by atomic mass is 16.5. The van der Waals surface area contributed by atoms with Gasteiger partial charge in [-0.15, -0.1) is 0 Å². The van der Waals surface area contributed by atoms with Crippen molar-refractivity contribution >= 4 is 34.1 Å². The number of hydrogen-bond acceptors (Lipinski definition) is 5. The van der Waals surface area contributed by atoms with Gasteiger partial charge in [0.25, 0.3) is 0 Å². The highest BCUT2D eigenvalue weighted by Crippen LogP contribution is 2.28. The average molecular weight is 381 g/mol. The fourth-order valence-corrected chi connectivity index (χ4v) is 2.77. The first-order chi connectivity index (χ1) is 13.6. The second kappa shape index (κ2) is 8.94. The molecule has 0 fully saturated rings. The molecule has 2 amide bonds. The van der Waals surface area contributed by atoms with Gasteiger partial charge >= 0.3 is 11.7 Å². The molecular formula is C21H23N3O4. The molecule has 1 heterocycles. The van der Waals surface area contributed by atoms with Crippen molar-refractivity contribution in [1.82, 2.24) is 0 Å². The normalized spacial score (nSPS) is 10.5. The van der Waals surface area contributed by atoms with Crippen LogP contribution in [0.4, 0.5) is 21.9 Å². The third-order valence-corrected chi connectivity index (χ3v) is 4.03. The van der Waals surface area contributed by atoms with Crippen LogP contribution < -0.4 is 26.3 Å². The summed E-state index contributed by atoms with van der Waals surface area (Å²) in [6.07, 6.45) is 0.867. The molecule has 28 heavy (non-hydrogen) atoms. The van der Waals surface area contributed by atoms with Crippen LogP contribution in [0.15, 0.2) is 57.7 Å². The van der Waals surface area contributed by atoms with Crippen LogP contribution in [0.25, 0.3) is 11.0 Å². The number of benzene rings is 2. The minimum Gasteiger partial charge on any atom is -0.494 e. The van der Waals surface area contributed by atoms with Crippen molar-refractivity contribution in [3.63, 3.8) is 0 Å². The van der Waals surface area contributed by atoms with Crippen molar-refractivity contribution in [3.05, 3.63) is 59.0 Å². The predicted octanol–water partition coefficient (Wildman–Crippen LogP) is 4.66. The molecule has 3 aromatic rings. The first-order valence-electron chi connectivity index (χ1n) is 9.23. The number of carbonyl (C=O) groups excluding carboxylic acids is 1. The van der Waals surface area contributed by atoms with Crippen LogP contribution >= 0.6 is 0 Å². The molecule has 3 rings (SSSR count). The number of rotatable bonds is 7. The number of para-hydroxylation sites is 1. The molecule has 0 spiro atoms. The van der Waals surface area contributed by atoms with Crippen LogP contribution in [-0.4, -0.2) is 19.2 Å². The van der Waals surface area contributed by atoms with E-state index in [1.807, 2.05) is 26.0 Å². The zero-order valence-electron chi connectivity index (χ0n) is 15.9. The van der Waals surface area contributed by atoms with Crippen LogP contribution in [0, 0.1) is 0 Å². The van der Waals surface area contributed by atoms with E-state index in [9.17, 15) is 9.59 Å². The van der Waals surface area contributed by atoms with Gasteiger partial charge in [0.15, 0.2) is 5.69 Å². The Morgan fingerprint density at radius 3 is 2.46 bits per heavy atom. The Hall–Kier alpha value is -3.48. The molecule has 0 aliphatic rings. The summed E-state index contributed by atoms with van der Waals surface area (Å²) in [5, 5.41) is 9.27. The van der Waals surface area contributed by atoms with Crippen molar-refractivity contribution in [3.8, 4) is 5.75 Å². The van der Waals surface area contributed by atoms with E-state index in [1.165, 1.54) is 0 Å². The summed E-state index contributed by atoms with van der Waals surface area (Å²) < 4.78 is 10.7. The highest BCUT2D eigenvalue weighted by molar-refractivity contribution is 6.05. The Balaban J connectivity index is 1.85. The summed E-state index contributed by atoms with van der Waals surface area (Å²) in [6, 6.07) is 13.6. The van der Waals surface area contributed by atoms with E-state index in [0.29, 0.717) is 30.1 Å². The number of nitrogens with one attached hydrogen (secondary N) is 3. The topological polar surface area (TPSA) is 92.6 Å². The summed E-state index contributed by atoms with van der Waals surface area (Å²) >= 11 is 0. The van der Waals surface area contributed by atoms with E-state index < -0.39 is 11.7 Å². The van der Waals surface area contributed by atoms with Gasteiger partial charge in [-0.05, 0) is 49.7 Å². The number of hydrogen-bond donors (Lipinski definition) is 3. The zero-order chi connectivity index (χ0) is 19.9. The van der Waals surface area contributed by atoms with Crippen molar-refractivity contribution in [1.29, 1.82) is 0 Å². The minimum absolute atomic E-state index is 0.0792. The molecule has 0 bridgehead atoms. The van der Waals surface area contributed by atoms with Gasteiger partial charge in [0.05, 0.1) is 12.3 Å². The molecule has 0 saturated carbocycles. The maximum atomic E-state index is 12.5. The van der Waals surface area contributed by atoms with Gasteiger partial charge in [-0.2, -0.15) is 0 Å². The quantitative estimate of drug-likeness (QED) is 0.518. The molecule has 0 saturated heterocycles. The molecule has 0 aliphatic carbocycles. The first-order valence-corrected chi connectivity index (χ1v) is 9.23. The van der Waals surface area contributed by atoms with Crippen molar-refractivity contribution in [2.45, 2.75) is 20.3 Å². The SMILES string of the molecule is CCCNc1c(NC(=O)Nc2ccc(OCC)cc2)c(=O)oc2ccccc12. The standard InChI is InChI=1S/C21H23N3O4/c1-3-13-22-18-16-7-5-6-8-17(16)28-20(25)19(18)24-21(26)23-14-9-11-15(12-10-14)27-4-2/h5-12,22H,3-4,13H2,1-2H3,(H2,23,24,26). The first kappa shape index (κ1) is 19.3. The van der Waals surface area contributed by atoms with E-state index in [0.717, 1.165) is 17.6 Å². The van der Waals surface area contributed by atoms with E-state index >= 15 is 0 Å². The summed E-state index contributed by atoms with van der Waals surface area (Å²) in [4.78, 5) is 24.9. The minimum atomic E-state index is -0.612. The van der Waals surface area contributed by atoms with Crippen molar-refractivity contribution in [2.24, 2.45) is 0 Å². The van der Waals surface area contributed by atoms with Crippen molar-refractivity contribution in [2.75, 3.05) is 29.1 Å². The van der Waals surface area contributed by atoms with Gasteiger partial charge in [0.2, 0.25) is 0 Å². The Bertz CT molecular complexity index is 1010. The molecule has 0 unspecified atom stereocenters. The fourth-order valence-electron chi connectivity index (χ4n) is 2.77. The van der Waals surface area contributed by atoms with Crippen LogP contribution in [0.5, 0.6) is 5.75 Å². The van der Waals surface area contributed by atoms with Gasteiger partial charge in [-0.1, -0.05) is 19.1 Å². The number of urea groups is 1. The van der Waals surface area contributed by atoms with Crippen molar-refractivity contribution < 1.29 is 13.9 Å². The van der Waals surface area contributed by atoms with Crippen LogP contribution in [0.3, 0.4) is 0 Å². The smallest absolute Gasteiger partial charge is 0.362 e. The summed E-state index contributed by atoms with van der Waals surface area (Å²) in [5.41, 5.74) is 1.06.